The van der Waals surface area contributed by atoms with Crippen molar-refractivity contribution in [2.24, 2.45) is 11.8 Å². The topological polar surface area (TPSA) is 67.9 Å². The first-order chi connectivity index (χ1) is 11.0. The maximum atomic E-state index is 12.6. The van der Waals surface area contributed by atoms with Crippen LogP contribution in [0.2, 0.25) is 0 Å². The van der Waals surface area contributed by atoms with Crippen LogP contribution in [0.1, 0.15) is 25.8 Å². The Balaban J connectivity index is 1.70. The minimum atomic E-state index is -3.49. The van der Waals surface area contributed by atoms with Crippen LogP contribution in [-0.2, 0) is 16.8 Å². The normalized spacial score (nSPS) is 25.3. The Morgan fingerprint density at radius 1 is 1.17 bits per heavy atom. The summed E-state index contributed by atoms with van der Waals surface area (Å²) in [5, 5.41) is 0. The summed E-state index contributed by atoms with van der Waals surface area (Å²) in [5.41, 5.74) is 0.795. The first-order valence-corrected chi connectivity index (χ1v) is 9.52. The van der Waals surface area contributed by atoms with Gasteiger partial charge in [-0.1, -0.05) is 26.0 Å². The molecule has 6 nitrogen and oxygen atoms in total. The van der Waals surface area contributed by atoms with Gasteiger partial charge in [-0.15, -0.1) is 0 Å². The van der Waals surface area contributed by atoms with E-state index in [4.69, 9.17) is 9.47 Å². The molecule has 1 aromatic carbocycles. The molecule has 23 heavy (non-hydrogen) atoms. The first-order valence-electron chi connectivity index (χ1n) is 8.08. The molecule has 3 rings (SSSR count). The van der Waals surface area contributed by atoms with Gasteiger partial charge in [0.05, 0.1) is 0 Å². The molecule has 2 aliphatic rings. The predicted molar refractivity (Wildman–Crippen MR) is 87.7 cm³/mol. The molecule has 0 amide bonds. The molecule has 128 valence electrons. The summed E-state index contributed by atoms with van der Waals surface area (Å²) in [4.78, 5) is 0. The smallest absolute Gasteiger partial charge is 0.279 e. The molecule has 2 heterocycles. The number of ether oxygens (including phenoxy) is 2. The van der Waals surface area contributed by atoms with E-state index in [1.807, 2.05) is 18.2 Å². The molecule has 0 saturated carbocycles. The molecular formula is C16H24N2O4S. The van der Waals surface area contributed by atoms with E-state index in [0.29, 0.717) is 49.6 Å². The fraction of sp³-hybridized carbons (Fsp3) is 0.625. The molecule has 7 heteroatoms. The van der Waals surface area contributed by atoms with Crippen LogP contribution in [0.4, 0.5) is 0 Å². The standard InChI is InChI=1S/C16H24N2O4S/c1-12-8-13(2)11-18(10-12)23(19,20)17-9-14-4-3-5-15-16(14)22-7-6-21-15/h3-5,12-13,17H,6-11H2,1-2H3. The Labute approximate surface area is 138 Å². The maximum Gasteiger partial charge on any atom is 0.279 e. The lowest BCUT2D eigenvalue weighted by atomic mass is 9.94. The summed E-state index contributed by atoms with van der Waals surface area (Å²) in [6.45, 7) is 6.55. The fourth-order valence-electron chi connectivity index (χ4n) is 3.34. The number of fused-ring (bicyclic) bond motifs is 1. The first kappa shape index (κ1) is 16.5. The number of nitrogens with zero attached hydrogens (tertiary/aromatic N) is 1. The monoisotopic (exact) mass is 340 g/mol. The molecule has 0 radical (unpaired) electrons. The number of hydrogen-bond donors (Lipinski definition) is 1. The number of nitrogens with one attached hydrogen (secondary N) is 1. The molecule has 1 fully saturated rings. The Morgan fingerprint density at radius 3 is 2.61 bits per heavy atom. The maximum absolute atomic E-state index is 12.6. The highest BCUT2D eigenvalue weighted by Crippen LogP contribution is 2.33. The average Bonchev–Trinajstić information content (AvgIpc) is 2.52. The SMILES string of the molecule is CC1CC(C)CN(S(=O)(=O)NCc2cccc3c2OCCO3)C1. The van der Waals surface area contributed by atoms with Gasteiger partial charge < -0.3 is 9.47 Å². The van der Waals surface area contributed by atoms with E-state index < -0.39 is 10.2 Å². The molecule has 2 aliphatic heterocycles. The average molecular weight is 340 g/mol. The summed E-state index contributed by atoms with van der Waals surface area (Å²) in [6, 6.07) is 5.54. The van der Waals surface area contributed by atoms with Gasteiger partial charge in [0.2, 0.25) is 0 Å². The van der Waals surface area contributed by atoms with E-state index in [-0.39, 0.29) is 6.54 Å². The van der Waals surface area contributed by atoms with Crippen molar-refractivity contribution in [1.29, 1.82) is 0 Å². The van der Waals surface area contributed by atoms with E-state index >= 15 is 0 Å². The Hall–Kier alpha value is -1.31. The van der Waals surface area contributed by atoms with Gasteiger partial charge in [-0.3, -0.25) is 0 Å². The number of benzene rings is 1. The minimum Gasteiger partial charge on any atom is -0.486 e. The number of hydrogen-bond acceptors (Lipinski definition) is 4. The zero-order valence-corrected chi connectivity index (χ0v) is 14.4. The largest absolute Gasteiger partial charge is 0.486 e. The summed E-state index contributed by atoms with van der Waals surface area (Å²) in [7, 11) is -3.49. The van der Waals surface area contributed by atoms with E-state index in [1.165, 1.54) is 0 Å². The Bertz CT molecular complexity index is 652. The lowest BCUT2D eigenvalue weighted by molar-refractivity contribution is 0.170. The lowest BCUT2D eigenvalue weighted by Crippen LogP contribution is -2.47. The van der Waals surface area contributed by atoms with Crippen LogP contribution in [0.3, 0.4) is 0 Å². The van der Waals surface area contributed by atoms with E-state index in [2.05, 4.69) is 18.6 Å². The predicted octanol–water partition coefficient (Wildman–Crippen LogP) is 1.77. The van der Waals surface area contributed by atoms with Crippen molar-refractivity contribution in [2.75, 3.05) is 26.3 Å². The van der Waals surface area contributed by atoms with Crippen LogP contribution in [0.25, 0.3) is 0 Å². The summed E-state index contributed by atoms with van der Waals surface area (Å²) in [6.07, 6.45) is 1.07. The van der Waals surface area contributed by atoms with Crippen molar-refractivity contribution in [3.05, 3.63) is 23.8 Å². The second kappa shape index (κ2) is 6.67. The molecule has 0 aromatic heterocycles. The van der Waals surface area contributed by atoms with E-state index in [0.717, 1.165) is 12.0 Å². The molecule has 0 bridgehead atoms. The third kappa shape index (κ3) is 3.79. The van der Waals surface area contributed by atoms with Crippen LogP contribution in [-0.4, -0.2) is 39.0 Å². The van der Waals surface area contributed by atoms with E-state index in [1.54, 1.807) is 4.31 Å². The third-order valence-corrected chi connectivity index (χ3v) is 5.76. The summed E-state index contributed by atoms with van der Waals surface area (Å²) < 4.78 is 40.5. The van der Waals surface area contributed by atoms with Crippen molar-refractivity contribution in [3.8, 4) is 11.5 Å². The fourth-order valence-corrected chi connectivity index (χ4v) is 4.76. The van der Waals surface area contributed by atoms with Gasteiger partial charge in [0.15, 0.2) is 11.5 Å². The molecule has 0 spiro atoms. The molecule has 0 aliphatic carbocycles. The van der Waals surface area contributed by atoms with Gasteiger partial charge >= 0.3 is 0 Å². The van der Waals surface area contributed by atoms with Crippen LogP contribution in [0, 0.1) is 11.8 Å². The quantitative estimate of drug-likeness (QED) is 0.907. The van der Waals surface area contributed by atoms with Gasteiger partial charge in [-0.05, 0) is 24.3 Å². The van der Waals surface area contributed by atoms with Gasteiger partial charge in [-0.25, -0.2) is 0 Å². The molecule has 2 unspecified atom stereocenters. The second-order valence-corrected chi connectivity index (χ2v) is 8.29. The van der Waals surface area contributed by atoms with E-state index in [9.17, 15) is 8.42 Å². The van der Waals surface area contributed by atoms with Crippen molar-refractivity contribution in [2.45, 2.75) is 26.8 Å². The zero-order valence-electron chi connectivity index (χ0n) is 13.6. The van der Waals surface area contributed by atoms with Gasteiger partial charge in [0.1, 0.15) is 13.2 Å². The number of rotatable bonds is 4. The highest BCUT2D eigenvalue weighted by molar-refractivity contribution is 7.87. The highest BCUT2D eigenvalue weighted by Gasteiger charge is 2.30. The van der Waals surface area contributed by atoms with Gasteiger partial charge in [-0.2, -0.15) is 17.4 Å². The molecule has 1 N–H and O–H groups in total. The lowest BCUT2D eigenvalue weighted by Gasteiger charge is -2.34. The minimum absolute atomic E-state index is 0.203. The Kier molecular flexibility index (Phi) is 4.79. The highest BCUT2D eigenvalue weighted by atomic mass is 32.2. The Morgan fingerprint density at radius 2 is 1.87 bits per heavy atom. The van der Waals surface area contributed by atoms with Crippen molar-refractivity contribution >= 4 is 10.2 Å². The van der Waals surface area contributed by atoms with Gasteiger partial charge in [0.25, 0.3) is 10.2 Å². The number of piperidine rings is 1. The van der Waals surface area contributed by atoms with Crippen LogP contribution in [0.15, 0.2) is 18.2 Å². The second-order valence-electron chi connectivity index (χ2n) is 6.53. The molecular weight excluding hydrogens is 316 g/mol. The van der Waals surface area contributed by atoms with Crippen molar-refractivity contribution in [3.63, 3.8) is 0 Å². The van der Waals surface area contributed by atoms with Crippen LogP contribution in [0.5, 0.6) is 11.5 Å². The van der Waals surface area contributed by atoms with Crippen molar-refractivity contribution < 1.29 is 17.9 Å². The van der Waals surface area contributed by atoms with Crippen LogP contribution >= 0.6 is 0 Å². The molecule has 1 saturated heterocycles. The van der Waals surface area contributed by atoms with Crippen LogP contribution < -0.4 is 14.2 Å². The van der Waals surface area contributed by atoms with Gasteiger partial charge in [0, 0.05) is 25.2 Å². The third-order valence-electron chi connectivity index (χ3n) is 4.27. The zero-order chi connectivity index (χ0) is 16.4. The summed E-state index contributed by atoms with van der Waals surface area (Å²) >= 11 is 0. The molecule has 2 atom stereocenters. The summed E-state index contributed by atoms with van der Waals surface area (Å²) in [5.74, 6) is 2.09. The number of para-hydroxylation sites is 1. The molecule has 1 aromatic rings. The van der Waals surface area contributed by atoms with Crippen molar-refractivity contribution in [1.82, 2.24) is 9.03 Å².